The Morgan fingerprint density at radius 3 is 2.09 bits per heavy atom. The van der Waals surface area contributed by atoms with Gasteiger partial charge in [-0.1, -0.05) is 103 Å². The number of sulfonamides is 1. The van der Waals surface area contributed by atoms with Crippen LogP contribution in [-0.4, -0.2) is 44.3 Å². The zero-order chi connectivity index (χ0) is 30.8. The van der Waals surface area contributed by atoms with Gasteiger partial charge in [-0.05, 0) is 53.9 Å². The van der Waals surface area contributed by atoms with E-state index in [4.69, 9.17) is 23.2 Å². The summed E-state index contributed by atoms with van der Waals surface area (Å²) >= 11 is 12.8. The van der Waals surface area contributed by atoms with E-state index in [0.717, 1.165) is 9.87 Å². The van der Waals surface area contributed by atoms with Gasteiger partial charge in [-0.25, -0.2) is 8.42 Å². The van der Waals surface area contributed by atoms with Crippen molar-refractivity contribution in [1.29, 1.82) is 0 Å². The molecule has 0 saturated heterocycles. The predicted octanol–water partition coefficient (Wildman–Crippen LogP) is 6.36. The maximum Gasteiger partial charge on any atom is 0.264 e. The summed E-state index contributed by atoms with van der Waals surface area (Å²) in [4.78, 5) is 29.5. The van der Waals surface area contributed by atoms with Crippen LogP contribution in [-0.2, 0) is 32.6 Å². The SMILES string of the molecule is CCCNC(=O)[C@@H](Cc1ccccc1)N(Cc1cccc(Cl)c1)C(=O)CN(c1ccccc1Cl)S(=O)(=O)c1ccccc1. The van der Waals surface area contributed by atoms with Gasteiger partial charge < -0.3 is 10.2 Å². The highest BCUT2D eigenvalue weighted by Gasteiger charge is 2.35. The van der Waals surface area contributed by atoms with Crippen LogP contribution in [0.15, 0.2) is 114 Å². The first-order chi connectivity index (χ1) is 20.7. The molecule has 0 unspecified atom stereocenters. The van der Waals surface area contributed by atoms with E-state index in [1.807, 2.05) is 43.3 Å². The first-order valence-corrected chi connectivity index (χ1v) is 16.1. The Hall–Kier alpha value is -3.85. The topological polar surface area (TPSA) is 86.8 Å². The highest BCUT2D eigenvalue weighted by Crippen LogP contribution is 2.31. The third kappa shape index (κ3) is 8.38. The number of para-hydroxylation sites is 1. The van der Waals surface area contributed by atoms with E-state index in [-0.39, 0.29) is 34.5 Å². The average molecular weight is 639 g/mol. The summed E-state index contributed by atoms with van der Waals surface area (Å²) < 4.78 is 29.0. The number of hydrogen-bond acceptors (Lipinski definition) is 4. The van der Waals surface area contributed by atoms with E-state index in [0.29, 0.717) is 23.6 Å². The van der Waals surface area contributed by atoms with E-state index >= 15 is 0 Å². The monoisotopic (exact) mass is 637 g/mol. The minimum Gasteiger partial charge on any atom is -0.354 e. The van der Waals surface area contributed by atoms with Gasteiger partial charge >= 0.3 is 0 Å². The van der Waals surface area contributed by atoms with Crippen LogP contribution in [0.25, 0.3) is 0 Å². The minimum absolute atomic E-state index is 0.00522. The van der Waals surface area contributed by atoms with Gasteiger partial charge in [0.1, 0.15) is 12.6 Å². The van der Waals surface area contributed by atoms with Crippen molar-refractivity contribution in [2.24, 2.45) is 0 Å². The fraction of sp³-hybridized carbons (Fsp3) is 0.212. The number of nitrogens with one attached hydrogen (secondary N) is 1. The lowest BCUT2D eigenvalue weighted by Crippen LogP contribution is -2.53. The maximum atomic E-state index is 14.4. The summed E-state index contributed by atoms with van der Waals surface area (Å²) in [6, 6.07) is 29.8. The molecule has 1 N–H and O–H groups in total. The molecular weight excluding hydrogens is 605 g/mol. The molecule has 0 radical (unpaired) electrons. The molecule has 0 aliphatic carbocycles. The fourth-order valence-electron chi connectivity index (χ4n) is 4.64. The first kappa shape index (κ1) is 32.1. The van der Waals surface area contributed by atoms with E-state index in [2.05, 4.69) is 5.32 Å². The molecule has 0 aromatic heterocycles. The summed E-state index contributed by atoms with van der Waals surface area (Å²) in [5.41, 5.74) is 1.69. The Labute approximate surface area is 263 Å². The number of halogens is 2. The molecule has 0 aliphatic rings. The average Bonchev–Trinajstić information content (AvgIpc) is 3.01. The van der Waals surface area contributed by atoms with Crippen molar-refractivity contribution in [2.45, 2.75) is 37.2 Å². The van der Waals surface area contributed by atoms with Crippen molar-refractivity contribution < 1.29 is 18.0 Å². The lowest BCUT2D eigenvalue weighted by Gasteiger charge is -2.34. The second-order valence-electron chi connectivity index (χ2n) is 9.92. The number of nitrogens with zero attached hydrogens (tertiary/aromatic N) is 2. The highest BCUT2D eigenvalue weighted by molar-refractivity contribution is 7.92. The second-order valence-corrected chi connectivity index (χ2v) is 12.6. The Morgan fingerprint density at radius 2 is 1.44 bits per heavy atom. The quantitative estimate of drug-likeness (QED) is 0.185. The molecule has 43 heavy (non-hydrogen) atoms. The lowest BCUT2D eigenvalue weighted by atomic mass is 10.0. The summed E-state index contributed by atoms with van der Waals surface area (Å²) in [7, 11) is -4.22. The fourth-order valence-corrected chi connectivity index (χ4v) is 6.59. The zero-order valence-electron chi connectivity index (χ0n) is 23.7. The largest absolute Gasteiger partial charge is 0.354 e. The Bertz CT molecular complexity index is 1640. The van der Waals surface area contributed by atoms with Crippen molar-refractivity contribution in [1.82, 2.24) is 10.2 Å². The van der Waals surface area contributed by atoms with Gasteiger partial charge in [0.05, 0.1) is 15.6 Å². The summed E-state index contributed by atoms with van der Waals surface area (Å²) in [5.74, 6) is -0.914. The Kier molecular flexibility index (Phi) is 11.2. The number of amides is 2. The molecule has 0 aliphatic heterocycles. The summed E-state index contributed by atoms with van der Waals surface area (Å²) in [5, 5.41) is 3.56. The summed E-state index contributed by atoms with van der Waals surface area (Å²) in [6.07, 6.45) is 0.932. The molecule has 7 nitrogen and oxygen atoms in total. The molecule has 0 spiro atoms. The van der Waals surface area contributed by atoms with Gasteiger partial charge in [-0.2, -0.15) is 0 Å². The Balaban J connectivity index is 1.80. The third-order valence-corrected chi connectivity index (χ3v) is 9.12. The standard InChI is InChI=1S/C33H33Cl2N3O4S/c1-2-20-36-33(40)31(22-25-12-5-3-6-13-25)37(23-26-14-11-15-27(34)21-26)32(39)24-38(30-19-10-9-18-29(30)35)43(41,42)28-16-7-4-8-17-28/h3-19,21,31H,2,20,22-24H2,1H3,(H,36,40)/t31-/m1/s1. The van der Waals surface area contributed by atoms with E-state index in [9.17, 15) is 18.0 Å². The first-order valence-electron chi connectivity index (χ1n) is 13.9. The van der Waals surface area contributed by atoms with Crippen LogP contribution in [0.1, 0.15) is 24.5 Å². The van der Waals surface area contributed by atoms with E-state index in [1.54, 1.807) is 60.7 Å². The third-order valence-electron chi connectivity index (χ3n) is 6.79. The number of carbonyl (C=O) groups excluding carboxylic acids is 2. The molecule has 2 amide bonds. The predicted molar refractivity (Wildman–Crippen MR) is 172 cm³/mol. The van der Waals surface area contributed by atoms with Crippen LogP contribution in [0.5, 0.6) is 0 Å². The zero-order valence-corrected chi connectivity index (χ0v) is 26.0. The van der Waals surface area contributed by atoms with Crippen molar-refractivity contribution in [3.63, 3.8) is 0 Å². The normalized spacial score (nSPS) is 11.9. The lowest BCUT2D eigenvalue weighted by molar-refractivity contribution is -0.140. The number of hydrogen-bond donors (Lipinski definition) is 1. The van der Waals surface area contributed by atoms with Crippen LogP contribution in [0.2, 0.25) is 10.0 Å². The number of benzene rings is 4. The highest BCUT2D eigenvalue weighted by atomic mass is 35.5. The van der Waals surface area contributed by atoms with Gasteiger partial charge in [0, 0.05) is 24.5 Å². The van der Waals surface area contributed by atoms with E-state index < -0.39 is 28.5 Å². The van der Waals surface area contributed by atoms with Crippen LogP contribution in [0.4, 0.5) is 5.69 Å². The van der Waals surface area contributed by atoms with Crippen LogP contribution in [0.3, 0.4) is 0 Å². The van der Waals surface area contributed by atoms with Gasteiger partial charge in [-0.3, -0.25) is 13.9 Å². The van der Waals surface area contributed by atoms with E-state index in [1.165, 1.54) is 17.0 Å². The van der Waals surface area contributed by atoms with Crippen molar-refractivity contribution in [3.8, 4) is 0 Å². The molecule has 10 heteroatoms. The molecule has 0 fully saturated rings. The van der Waals surface area contributed by atoms with Crippen LogP contribution in [0, 0.1) is 0 Å². The van der Waals surface area contributed by atoms with Gasteiger partial charge in [-0.15, -0.1) is 0 Å². The minimum atomic E-state index is -4.22. The molecule has 1 atom stereocenters. The smallest absolute Gasteiger partial charge is 0.264 e. The van der Waals surface area contributed by atoms with Crippen molar-refractivity contribution in [2.75, 3.05) is 17.4 Å². The van der Waals surface area contributed by atoms with Crippen LogP contribution >= 0.6 is 23.2 Å². The van der Waals surface area contributed by atoms with Gasteiger partial charge in [0.25, 0.3) is 10.0 Å². The molecule has 4 aromatic carbocycles. The molecule has 4 aromatic rings. The van der Waals surface area contributed by atoms with Gasteiger partial charge in [0.2, 0.25) is 11.8 Å². The van der Waals surface area contributed by atoms with Crippen LogP contribution < -0.4 is 9.62 Å². The van der Waals surface area contributed by atoms with Gasteiger partial charge in [0.15, 0.2) is 0 Å². The molecule has 0 heterocycles. The number of carbonyl (C=O) groups is 2. The van der Waals surface area contributed by atoms with Crippen molar-refractivity contribution in [3.05, 3.63) is 130 Å². The summed E-state index contributed by atoms with van der Waals surface area (Å²) in [6.45, 7) is 1.81. The molecular formula is C33H33Cl2N3O4S. The molecule has 0 saturated carbocycles. The number of rotatable bonds is 13. The number of anilines is 1. The molecule has 0 bridgehead atoms. The molecule has 224 valence electrons. The van der Waals surface area contributed by atoms with Crippen molar-refractivity contribution >= 4 is 50.7 Å². The maximum absolute atomic E-state index is 14.4. The second kappa shape index (κ2) is 15.0. The Morgan fingerprint density at radius 1 is 0.814 bits per heavy atom. The molecule has 4 rings (SSSR count).